The van der Waals surface area contributed by atoms with Crippen molar-refractivity contribution in [2.75, 3.05) is 30.4 Å². The van der Waals surface area contributed by atoms with E-state index in [9.17, 15) is 4.79 Å². The van der Waals surface area contributed by atoms with Crippen molar-refractivity contribution in [3.63, 3.8) is 0 Å². The predicted molar refractivity (Wildman–Crippen MR) is 100 cm³/mol. The van der Waals surface area contributed by atoms with E-state index in [1.165, 1.54) is 5.69 Å². The summed E-state index contributed by atoms with van der Waals surface area (Å²) in [6.45, 7) is 6.45. The predicted octanol–water partition coefficient (Wildman–Crippen LogP) is 4.57. The number of para-hydroxylation sites is 1. The van der Waals surface area contributed by atoms with Crippen molar-refractivity contribution in [2.45, 2.75) is 26.7 Å². The smallest absolute Gasteiger partial charge is 0.259 e. The Morgan fingerprint density at radius 2 is 1.62 bits per heavy atom. The maximum absolute atomic E-state index is 12.4. The number of nitrogens with one attached hydrogen (secondary N) is 1. The van der Waals surface area contributed by atoms with Crippen molar-refractivity contribution in [2.24, 2.45) is 0 Å². The lowest BCUT2D eigenvalue weighted by Crippen LogP contribution is -2.24. The Balaban J connectivity index is 2.09. The second-order valence-electron chi connectivity index (χ2n) is 5.69. The Morgan fingerprint density at radius 3 is 2.21 bits per heavy atom. The highest BCUT2D eigenvalue weighted by molar-refractivity contribution is 6.06. The standard InChI is InChI=1S/C20H26N2O2/c1-4-14-22(15-5-2)17-12-10-16(11-13-17)21-20(23)18-8-6-7-9-19(18)24-3/h6-13H,4-5,14-15H2,1-3H3,(H,21,23). The molecule has 0 fully saturated rings. The Bertz CT molecular complexity index is 647. The SMILES string of the molecule is CCCN(CCC)c1ccc(NC(=O)c2ccccc2OC)cc1. The zero-order chi connectivity index (χ0) is 17.4. The minimum Gasteiger partial charge on any atom is -0.496 e. The van der Waals surface area contributed by atoms with Gasteiger partial charge in [0, 0.05) is 24.5 Å². The van der Waals surface area contributed by atoms with E-state index in [-0.39, 0.29) is 5.91 Å². The number of anilines is 2. The van der Waals surface area contributed by atoms with Crippen LogP contribution >= 0.6 is 0 Å². The van der Waals surface area contributed by atoms with Gasteiger partial charge < -0.3 is 15.0 Å². The number of nitrogens with zero attached hydrogens (tertiary/aromatic N) is 1. The lowest BCUT2D eigenvalue weighted by Gasteiger charge is -2.24. The number of carbonyl (C=O) groups is 1. The molecule has 0 radical (unpaired) electrons. The van der Waals surface area contributed by atoms with Crippen molar-refractivity contribution >= 4 is 17.3 Å². The molecule has 0 spiro atoms. The van der Waals surface area contributed by atoms with E-state index >= 15 is 0 Å². The van der Waals surface area contributed by atoms with Crippen LogP contribution in [0.3, 0.4) is 0 Å². The average molecular weight is 326 g/mol. The molecule has 0 saturated heterocycles. The van der Waals surface area contributed by atoms with Gasteiger partial charge in [-0.25, -0.2) is 0 Å². The molecule has 0 aliphatic rings. The topological polar surface area (TPSA) is 41.6 Å². The summed E-state index contributed by atoms with van der Waals surface area (Å²) in [5, 5.41) is 2.93. The van der Waals surface area contributed by atoms with Crippen LogP contribution in [-0.4, -0.2) is 26.1 Å². The Hall–Kier alpha value is -2.49. The first-order chi connectivity index (χ1) is 11.7. The van der Waals surface area contributed by atoms with E-state index in [0.717, 1.165) is 31.6 Å². The maximum atomic E-state index is 12.4. The average Bonchev–Trinajstić information content (AvgIpc) is 2.62. The van der Waals surface area contributed by atoms with Gasteiger partial charge in [-0.05, 0) is 49.2 Å². The molecule has 0 atom stereocenters. The fraction of sp³-hybridized carbons (Fsp3) is 0.350. The van der Waals surface area contributed by atoms with Crippen LogP contribution in [0.15, 0.2) is 48.5 Å². The van der Waals surface area contributed by atoms with Gasteiger partial charge >= 0.3 is 0 Å². The van der Waals surface area contributed by atoms with Gasteiger partial charge in [0.2, 0.25) is 0 Å². The van der Waals surface area contributed by atoms with Crippen molar-refractivity contribution < 1.29 is 9.53 Å². The molecule has 2 aromatic carbocycles. The molecular formula is C20H26N2O2. The summed E-state index contributed by atoms with van der Waals surface area (Å²) in [5.41, 5.74) is 2.50. The molecule has 0 aromatic heterocycles. The molecule has 4 heteroatoms. The normalized spacial score (nSPS) is 10.3. The largest absolute Gasteiger partial charge is 0.496 e. The van der Waals surface area contributed by atoms with Crippen LogP contribution in [0.25, 0.3) is 0 Å². The third-order valence-corrected chi connectivity index (χ3v) is 3.83. The van der Waals surface area contributed by atoms with E-state index in [0.29, 0.717) is 11.3 Å². The number of amides is 1. The van der Waals surface area contributed by atoms with E-state index in [1.54, 1.807) is 19.2 Å². The van der Waals surface area contributed by atoms with E-state index in [4.69, 9.17) is 4.74 Å². The zero-order valence-electron chi connectivity index (χ0n) is 14.7. The summed E-state index contributed by atoms with van der Waals surface area (Å²) in [7, 11) is 1.57. The quantitative estimate of drug-likeness (QED) is 0.772. The van der Waals surface area contributed by atoms with Gasteiger partial charge in [-0.1, -0.05) is 26.0 Å². The van der Waals surface area contributed by atoms with Gasteiger partial charge in [-0.2, -0.15) is 0 Å². The first-order valence-corrected chi connectivity index (χ1v) is 8.49. The lowest BCUT2D eigenvalue weighted by molar-refractivity contribution is 0.102. The molecule has 2 rings (SSSR count). The Kier molecular flexibility index (Phi) is 6.67. The van der Waals surface area contributed by atoms with Gasteiger partial charge in [0.25, 0.3) is 5.91 Å². The number of carbonyl (C=O) groups excluding carboxylic acids is 1. The molecule has 0 unspecified atom stereocenters. The molecule has 0 saturated carbocycles. The summed E-state index contributed by atoms with van der Waals surface area (Å²) in [5.74, 6) is 0.405. The Labute approximate surface area is 144 Å². The third-order valence-electron chi connectivity index (χ3n) is 3.83. The molecular weight excluding hydrogens is 300 g/mol. The van der Waals surface area contributed by atoms with Crippen molar-refractivity contribution in [3.8, 4) is 5.75 Å². The second-order valence-corrected chi connectivity index (χ2v) is 5.69. The van der Waals surface area contributed by atoms with Crippen molar-refractivity contribution in [1.82, 2.24) is 0 Å². The number of methoxy groups -OCH3 is 1. The van der Waals surface area contributed by atoms with Gasteiger partial charge in [0.1, 0.15) is 5.75 Å². The second kappa shape index (κ2) is 8.96. The zero-order valence-corrected chi connectivity index (χ0v) is 14.7. The minimum atomic E-state index is -0.167. The first kappa shape index (κ1) is 17.9. The minimum absolute atomic E-state index is 0.167. The molecule has 1 amide bonds. The molecule has 128 valence electrons. The number of rotatable bonds is 8. The molecule has 2 aromatic rings. The summed E-state index contributed by atoms with van der Waals surface area (Å²) in [6, 6.07) is 15.2. The fourth-order valence-corrected chi connectivity index (χ4v) is 2.70. The summed E-state index contributed by atoms with van der Waals surface area (Å²) >= 11 is 0. The van der Waals surface area contributed by atoms with Crippen LogP contribution in [0.1, 0.15) is 37.0 Å². The summed E-state index contributed by atoms with van der Waals surface area (Å²) < 4.78 is 5.24. The molecule has 1 N–H and O–H groups in total. The number of benzene rings is 2. The fourth-order valence-electron chi connectivity index (χ4n) is 2.70. The maximum Gasteiger partial charge on any atom is 0.259 e. The van der Waals surface area contributed by atoms with E-state index in [2.05, 4.69) is 36.2 Å². The van der Waals surface area contributed by atoms with Crippen molar-refractivity contribution in [1.29, 1.82) is 0 Å². The van der Waals surface area contributed by atoms with Crippen LogP contribution in [0.5, 0.6) is 5.75 Å². The van der Waals surface area contributed by atoms with Gasteiger partial charge in [0.15, 0.2) is 0 Å². The first-order valence-electron chi connectivity index (χ1n) is 8.49. The summed E-state index contributed by atoms with van der Waals surface area (Å²) in [4.78, 5) is 14.8. The van der Waals surface area contributed by atoms with Crippen molar-refractivity contribution in [3.05, 3.63) is 54.1 Å². The van der Waals surface area contributed by atoms with E-state index in [1.807, 2.05) is 24.3 Å². The molecule has 4 nitrogen and oxygen atoms in total. The molecule has 0 aliphatic carbocycles. The third kappa shape index (κ3) is 4.51. The number of ether oxygens (including phenoxy) is 1. The van der Waals surface area contributed by atoms with Crippen LogP contribution in [0.2, 0.25) is 0 Å². The lowest BCUT2D eigenvalue weighted by atomic mass is 10.1. The Morgan fingerprint density at radius 1 is 1.00 bits per heavy atom. The summed E-state index contributed by atoms with van der Waals surface area (Å²) in [6.07, 6.45) is 2.23. The molecule has 0 heterocycles. The highest BCUT2D eigenvalue weighted by Gasteiger charge is 2.12. The van der Waals surface area contributed by atoms with Gasteiger partial charge in [-0.3, -0.25) is 4.79 Å². The van der Waals surface area contributed by atoms with Crippen LogP contribution in [-0.2, 0) is 0 Å². The van der Waals surface area contributed by atoms with E-state index < -0.39 is 0 Å². The van der Waals surface area contributed by atoms with Crippen LogP contribution in [0, 0.1) is 0 Å². The van der Waals surface area contributed by atoms with Crippen LogP contribution < -0.4 is 15.0 Å². The van der Waals surface area contributed by atoms with Gasteiger partial charge in [0.05, 0.1) is 12.7 Å². The number of hydrogen-bond donors (Lipinski definition) is 1. The van der Waals surface area contributed by atoms with Gasteiger partial charge in [-0.15, -0.1) is 0 Å². The molecule has 0 bridgehead atoms. The monoisotopic (exact) mass is 326 g/mol. The highest BCUT2D eigenvalue weighted by Crippen LogP contribution is 2.21. The molecule has 0 aliphatic heterocycles. The highest BCUT2D eigenvalue weighted by atomic mass is 16.5. The number of hydrogen-bond acceptors (Lipinski definition) is 3. The molecule has 24 heavy (non-hydrogen) atoms. The van der Waals surface area contributed by atoms with Crippen LogP contribution in [0.4, 0.5) is 11.4 Å².